The molecule has 0 unspecified atom stereocenters. The SMILES string of the molecule is S=C(NCCc1ccccc1)N[C@H]1C[C@@H]2CC[C@@H]1C2. The highest BCUT2D eigenvalue weighted by Gasteiger charge is 2.39. The fraction of sp³-hybridized carbons (Fsp3) is 0.562. The van der Waals surface area contributed by atoms with Gasteiger partial charge in [0.2, 0.25) is 0 Å². The Hall–Kier alpha value is -1.09. The lowest BCUT2D eigenvalue weighted by Crippen LogP contribution is -2.44. The highest BCUT2D eigenvalue weighted by atomic mass is 32.1. The van der Waals surface area contributed by atoms with E-state index in [1.807, 2.05) is 0 Å². The van der Waals surface area contributed by atoms with Gasteiger partial charge in [0.1, 0.15) is 0 Å². The zero-order chi connectivity index (χ0) is 13.1. The van der Waals surface area contributed by atoms with Gasteiger partial charge in [-0.25, -0.2) is 0 Å². The molecule has 3 heteroatoms. The topological polar surface area (TPSA) is 24.1 Å². The van der Waals surface area contributed by atoms with Crippen molar-refractivity contribution in [1.29, 1.82) is 0 Å². The maximum Gasteiger partial charge on any atom is 0.166 e. The Kier molecular flexibility index (Phi) is 4.02. The van der Waals surface area contributed by atoms with Crippen LogP contribution in [0.2, 0.25) is 0 Å². The second-order valence-corrected chi connectivity index (χ2v) is 6.33. The molecule has 0 radical (unpaired) electrons. The van der Waals surface area contributed by atoms with Crippen molar-refractivity contribution in [2.45, 2.75) is 38.1 Å². The van der Waals surface area contributed by atoms with Gasteiger partial charge in [0.05, 0.1) is 0 Å². The van der Waals surface area contributed by atoms with Crippen LogP contribution in [0.3, 0.4) is 0 Å². The number of rotatable bonds is 4. The minimum atomic E-state index is 0.635. The predicted molar refractivity (Wildman–Crippen MR) is 83.1 cm³/mol. The number of benzene rings is 1. The summed E-state index contributed by atoms with van der Waals surface area (Å²) < 4.78 is 0. The molecule has 19 heavy (non-hydrogen) atoms. The average Bonchev–Trinajstić information content (AvgIpc) is 3.02. The molecule has 3 atom stereocenters. The van der Waals surface area contributed by atoms with Gasteiger partial charge in [0.25, 0.3) is 0 Å². The number of fused-ring (bicyclic) bond motifs is 2. The first kappa shape index (κ1) is 12.9. The summed E-state index contributed by atoms with van der Waals surface area (Å²) in [5, 5.41) is 7.70. The van der Waals surface area contributed by atoms with E-state index < -0.39 is 0 Å². The van der Waals surface area contributed by atoms with Gasteiger partial charge in [-0.05, 0) is 55.3 Å². The Morgan fingerprint density at radius 2 is 2.00 bits per heavy atom. The van der Waals surface area contributed by atoms with Crippen molar-refractivity contribution >= 4 is 17.3 Å². The van der Waals surface area contributed by atoms with Gasteiger partial charge < -0.3 is 10.6 Å². The van der Waals surface area contributed by atoms with Crippen LogP contribution in [0.4, 0.5) is 0 Å². The third kappa shape index (κ3) is 3.27. The summed E-state index contributed by atoms with van der Waals surface area (Å²) in [7, 11) is 0. The lowest BCUT2D eigenvalue weighted by atomic mass is 9.96. The monoisotopic (exact) mass is 274 g/mol. The van der Waals surface area contributed by atoms with E-state index in [2.05, 4.69) is 41.0 Å². The highest BCUT2D eigenvalue weighted by Crippen LogP contribution is 2.44. The summed E-state index contributed by atoms with van der Waals surface area (Å²) in [6.07, 6.45) is 6.61. The van der Waals surface area contributed by atoms with Crippen molar-refractivity contribution in [2.75, 3.05) is 6.54 Å². The van der Waals surface area contributed by atoms with Crippen LogP contribution in [0.15, 0.2) is 30.3 Å². The number of thiocarbonyl (C=S) groups is 1. The van der Waals surface area contributed by atoms with Gasteiger partial charge >= 0.3 is 0 Å². The second kappa shape index (κ2) is 5.91. The molecule has 3 rings (SSSR count). The van der Waals surface area contributed by atoms with E-state index in [-0.39, 0.29) is 0 Å². The fourth-order valence-electron chi connectivity index (χ4n) is 3.61. The van der Waals surface area contributed by atoms with Crippen LogP contribution < -0.4 is 10.6 Å². The third-order valence-electron chi connectivity index (χ3n) is 4.60. The average molecular weight is 274 g/mol. The molecule has 0 saturated heterocycles. The lowest BCUT2D eigenvalue weighted by Gasteiger charge is -2.24. The molecule has 2 aliphatic carbocycles. The quantitative estimate of drug-likeness (QED) is 0.826. The van der Waals surface area contributed by atoms with Crippen LogP contribution in [0.1, 0.15) is 31.2 Å². The number of hydrogen-bond donors (Lipinski definition) is 2. The molecular weight excluding hydrogens is 252 g/mol. The van der Waals surface area contributed by atoms with Crippen LogP contribution in [0.25, 0.3) is 0 Å². The first-order valence-corrected chi connectivity index (χ1v) is 7.80. The Bertz CT molecular complexity index is 432. The van der Waals surface area contributed by atoms with Gasteiger partial charge in [-0.2, -0.15) is 0 Å². The van der Waals surface area contributed by atoms with Gasteiger partial charge in [-0.3, -0.25) is 0 Å². The molecule has 0 spiro atoms. The number of nitrogens with one attached hydrogen (secondary N) is 2. The van der Waals surface area contributed by atoms with Crippen LogP contribution in [-0.4, -0.2) is 17.7 Å². The molecule has 1 aromatic rings. The first-order valence-electron chi connectivity index (χ1n) is 7.39. The first-order chi connectivity index (χ1) is 9.31. The molecule has 0 aliphatic heterocycles. The molecule has 0 aromatic heterocycles. The zero-order valence-corrected chi connectivity index (χ0v) is 12.1. The van der Waals surface area contributed by atoms with Crippen molar-refractivity contribution in [1.82, 2.24) is 10.6 Å². The van der Waals surface area contributed by atoms with Gasteiger partial charge in [-0.15, -0.1) is 0 Å². The smallest absolute Gasteiger partial charge is 0.166 e. The molecule has 1 aromatic carbocycles. The Labute approximate surface area is 121 Å². The maximum absolute atomic E-state index is 5.40. The fourth-order valence-corrected chi connectivity index (χ4v) is 3.86. The molecule has 0 amide bonds. The van der Waals surface area contributed by atoms with Crippen LogP contribution in [0.5, 0.6) is 0 Å². The molecule has 2 fully saturated rings. The van der Waals surface area contributed by atoms with Crippen molar-refractivity contribution < 1.29 is 0 Å². The molecule has 102 valence electrons. The minimum absolute atomic E-state index is 0.635. The Morgan fingerprint density at radius 3 is 2.68 bits per heavy atom. The Balaban J connectivity index is 1.38. The van der Waals surface area contributed by atoms with E-state index in [0.717, 1.165) is 29.9 Å². The third-order valence-corrected chi connectivity index (χ3v) is 4.86. The predicted octanol–water partition coefficient (Wildman–Crippen LogP) is 2.88. The van der Waals surface area contributed by atoms with E-state index in [1.54, 1.807) is 0 Å². The van der Waals surface area contributed by atoms with Crippen LogP contribution >= 0.6 is 12.2 Å². The van der Waals surface area contributed by atoms with Crippen LogP contribution in [0, 0.1) is 11.8 Å². The number of hydrogen-bond acceptors (Lipinski definition) is 1. The van der Waals surface area contributed by atoms with Crippen molar-refractivity contribution in [3.63, 3.8) is 0 Å². The van der Waals surface area contributed by atoms with E-state index in [4.69, 9.17) is 12.2 Å². The van der Waals surface area contributed by atoms with Crippen molar-refractivity contribution in [2.24, 2.45) is 11.8 Å². The van der Waals surface area contributed by atoms with Crippen LogP contribution in [-0.2, 0) is 6.42 Å². The van der Waals surface area contributed by atoms with E-state index >= 15 is 0 Å². The van der Waals surface area contributed by atoms with Gasteiger partial charge in [-0.1, -0.05) is 36.8 Å². The largest absolute Gasteiger partial charge is 0.362 e. The summed E-state index contributed by atoms with van der Waals surface area (Å²) in [6.45, 7) is 0.913. The highest BCUT2D eigenvalue weighted by molar-refractivity contribution is 7.80. The summed E-state index contributed by atoms with van der Waals surface area (Å²) in [5.74, 6) is 1.84. The minimum Gasteiger partial charge on any atom is -0.362 e. The summed E-state index contributed by atoms with van der Waals surface area (Å²) in [6, 6.07) is 11.2. The zero-order valence-electron chi connectivity index (χ0n) is 11.3. The molecule has 0 heterocycles. The summed E-state index contributed by atoms with van der Waals surface area (Å²) in [5.41, 5.74) is 1.36. The molecule has 2 bridgehead atoms. The summed E-state index contributed by atoms with van der Waals surface area (Å²) >= 11 is 5.40. The summed E-state index contributed by atoms with van der Waals surface area (Å²) in [4.78, 5) is 0. The standard InChI is InChI=1S/C16H22N2S/c19-16(17-9-8-12-4-2-1-3-5-12)18-15-11-13-6-7-14(15)10-13/h1-5,13-15H,6-11H2,(H2,17,18,19)/t13-,14-,15+/m1/s1. The molecule has 2 N–H and O–H groups in total. The van der Waals surface area contributed by atoms with Gasteiger partial charge in [0.15, 0.2) is 5.11 Å². The van der Waals surface area contributed by atoms with E-state index in [0.29, 0.717) is 6.04 Å². The lowest BCUT2D eigenvalue weighted by molar-refractivity contribution is 0.389. The van der Waals surface area contributed by atoms with Crippen molar-refractivity contribution in [3.05, 3.63) is 35.9 Å². The van der Waals surface area contributed by atoms with Crippen molar-refractivity contribution in [3.8, 4) is 0 Å². The molecule has 2 saturated carbocycles. The molecule has 2 nitrogen and oxygen atoms in total. The molecular formula is C16H22N2S. The second-order valence-electron chi connectivity index (χ2n) is 5.92. The Morgan fingerprint density at radius 1 is 1.16 bits per heavy atom. The van der Waals surface area contributed by atoms with E-state index in [1.165, 1.54) is 31.2 Å². The van der Waals surface area contributed by atoms with E-state index in [9.17, 15) is 0 Å². The molecule has 2 aliphatic rings. The normalized spacial score (nSPS) is 28.3. The van der Waals surface area contributed by atoms with Gasteiger partial charge in [0, 0.05) is 12.6 Å². The maximum atomic E-state index is 5.40.